The van der Waals surface area contributed by atoms with Crippen LogP contribution in [0.5, 0.6) is 0 Å². The van der Waals surface area contributed by atoms with Gasteiger partial charge in [0.15, 0.2) is 9.70 Å². The Morgan fingerprint density at radius 1 is 1.90 bits per heavy atom. The van der Waals surface area contributed by atoms with Gasteiger partial charge in [-0.15, -0.1) is 11.3 Å². The van der Waals surface area contributed by atoms with Gasteiger partial charge in [0.1, 0.15) is 0 Å². The van der Waals surface area contributed by atoms with E-state index in [9.17, 15) is 4.79 Å². The summed E-state index contributed by atoms with van der Waals surface area (Å²) >= 11 is 4.56. The van der Waals surface area contributed by atoms with E-state index in [0.29, 0.717) is 6.42 Å². The number of halogens is 1. The number of carbonyl (C=O) groups excluding carboxylic acids is 1. The number of ketones is 1. The molecule has 0 aromatic carbocycles. The number of hydrogen-bond donors (Lipinski definition) is 0. The van der Waals surface area contributed by atoms with E-state index < -0.39 is 0 Å². The number of thiazole rings is 1. The molecule has 1 heterocycles. The van der Waals surface area contributed by atoms with Crippen molar-refractivity contribution in [2.24, 2.45) is 0 Å². The molecule has 10 heavy (non-hydrogen) atoms. The zero-order valence-corrected chi connectivity index (χ0v) is 7.83. The topological polar surface area (TPSA) is 30.0 Å². The van der Waals surface area contributed by atoms with E-state index in [2.05, 4.69) is 20.9 Å². The van der Waals surface area contributed by atoms with Gasteiger partial charge in [0.2, 0.25) is 0 Å². The SMILES string of the molecule is CCC(=O)c1cnc(Br)s1. The molecule has 54 valence electrons. The van der Waals surface area contributed by atoms with Crippen molar-refractivity contribution >= 4 is 33.0 Å². The second-order valence-corrected chi connectivity index (χ2v) is 4.06. The standard InChI is InChI=1S/C6H6BrNOS/c1-2-4(9)5-3-8-6(7)10-5/h3H,2H2,1H3. The maximum atomic E-state index is 11.0. The summed E-state index contributed by atoms with van der Waals surface area (Å²) in [4.78, 5) is 15.6. The van der Waals surface area contributed by atoms with Crippen molar-refractivity contribution in [1.29, 1.82) is 0 Å². The molecule has 0 aliphatic rings. The smallest absolute Gasteiger partial charge is 0.174 e. The van der Waals surface area contributed by atoms with Crippen LogP contribution in [0.15, 0.2) is 10.1 Å². The Morgan fingerprint density at radius 2 is 2.60 bits per heavy atom. The highest BCUT2D eigenvalue weighted by Gasteiger charge is 2.05. The number of aromatic nitrogens is 1. The first-order chi connectivity index (χ1) is 4.74. The fourth-order valence-corrected chi connectivity index (χ4v) is 1.83. The van der Waals surface area contributed by atoms with E-state index in [1.54, 1.807) is 6.20 Å². The van der Waals surface area contributed by atoms with E-state index >= 15 is 0 Å². The molecule has 0 bridgehead atoms. The van der Waals surface area contributed by atoms with E-state index in [1.807, 2.05) is 6.92 Å². The summed E-state index contributed by atoms with van der Waals surface area (Å²) in [5.41, 5.74) is 0. The van der Waals surface area contributed by atoms with Gasteiger partial charge in [0.05, 0.1) is 11.1 Å². The molecule has 0 aliphatic carbocycles. The summed E-state index contributed by atoms with van der Waals surface area (Å²) < 4.78 is 0.768. The molecule has 1 aromatic heterocycles. The fourth-order valence-electron chi connectivity index (χ4n) is 0.556. The van der Waals surface area contributed by atoms with Gasteiger partial charge in [-0.3, -0.25) is 4.79 Å². The van der Waals surface area contributed by atoms with Gasteiger partial charge in [-0.05, 0) is 15.9 Å². The first-order valence-corrected chi connectivity index (χ1v) is 4.49. The molecule has 0 radical (unpaired) electrons. The number of nitrogens with zero attached hydrogens (tertiary/aromatic N) is 1. The molecule has 0 unspecified atom stereocenters. The van der Waals surface area contributed by atoms with Crippen LogP contribution in [-0.2, 0) is 0 Å². The molecule has 0 atom stereocenters. The highest BCUT2D eigenvalue weighted by Crippen LogP contribution is 2.19. The first kappa shape index (κ1) is 7.88. The molecule has 4 heteroatoms. The monoisotopic (exact) mass is 219 g/mol. The van der Waals surface area contributed by atoms with Crippen molar-refractivity contribution < 1.29 is 4.79 Å². The van der Waals surface area contributed by atoms with Crippen LogP contribution in [0.25, 0.3) is 0 Å². The summed E-state index contributed by atoms with van der Waals surface area (Å²) in [7, 11) is 0. The minimum absolute atomic E-state index is 0.156. The lowest BCUT2D eigenvalue weighted by molar-refractivity contribution is 0.0992. The maximum absolute atomic E-state index is 11.0. The molecule has 0 aliphatic heterocycles. The van der Waals surface area contributed by atoms with E-state index in [-0.39, 0.29) is 5.78 Å². The molecule has 1 rings (SSSR count). The highest BCUT2D eigenvalue weighted by atomic mass is 79.9. The van der Waals surface area contributed by atoms with Crippen LogP contribution in [0.3, 0.4) is 0 Å². The number of hydrogen-bond acceptors (Lipinski definition) is 3. The van der Waals surface area contributed by atoms with Gasteiger partial charge in [0.25, 0.3) is 0 Å². The molecule has 1 aromatic rings. The largest absolute Gasteiger partial charge is 0.293 e. The second-order valence-electron chi connectivity index (χ2n) is 1.75. The second kappa shape index (κ2) is 3.25. The van der Waals surface area contributed by atoms with Gasteiger partial charge in [-0.1, -0.05) is 6.92 Å². The van der Waals surface area contributed by atoms with Crippen LogP contribution in [0.2, 0.25) is 0 Å². The Morgan fingerprint density at radius 3 is 3.00 bits per heavy atom. The summed E-state index contributed by atoms with van der Waals surface area (Å²) in [5.74, 6) is 0.156. The Hall–Kier alpha value is -0.220. The van der Waals surface area contributed by atoms with E-state index in [1.165, 1.54) is 11.3 Å². The summed E-state index contributed by atoms with van der Waals surface area (Å²) in [6.07, 6.45) is 2.15. The average molecular weight is 220 g/mol. The lowest BCUT2D eigenvalue weighted by Crippen LogP contribution is -1.90. The predicted molar refractivity (Wildman–Crippen MR) is 44.4 cm³/mol. The molecule has 0 N–H and O–H groups in total. The van der Waals surface area contributed by atoms with Gasteiger partial charge < -0.3 is 0 Å². The zero-order chi connectivity index (χ0) is 7.56. The summed E-state index contributed by atoms with van der Waals surface area (Å²) in [6.45, 7) is 1.84. The van der Waals surface area contributed by atoms with Crippen LogP contribution in [0.1, 0.15) is 23.0 Å². The molecule has 0 saturated heterocycles. The lowest BCUT2D eigenvalue weighted by atomic mass is 10.3. The molecule has 0 spiro atoms. The molecule has 0 saturated carbocycles. The van der Waals surface area contributed by atoms with Crippen LogP contribution < -0.4 is 0 Å². The lowest BCUT2D eigenvalue weighted by Gasteiger charge is -1.85. The quantitative estimate of drug-likeness (QED) is 0.716. The minimum Gasteiger partial charge on any atom is -0.293 e. The number of rotatable bonds is 2. The molecular weight excluding hydrogens is 214 g/mol. The van der Waals surface area contributed by atoms with E-state index in [4.69, 9.17) is 0 Å². The molecule has 0 amide bonds. The first-order valence-electron chi connectivity index (χ1n) is 2.88. The highest BCUT2D eigenvalue weighted by molar-refractivity contribution is 9.11. The van der Waals surface area contributed by atoms with Gasteiger partial charge >= 0.3 is 0 Å². The predicted octanol–water partition coefficient (Wildman–Crippen LogP) is 2.50. The zero-order valence-electron chi connectivity index (χ0n) is 5.43. The van der Waals surface area contributed by atoms with Gasteiger partial charge in [0, 0.05) is 6.42 Å². The number of carbonyl (C=O) groups is 1. The third-order valence-electron chi connectivity index (χ3n) is 1.07. The van der Waals surface area contributed by atoms with Crippen LogP contribution in [-0.4, -0.2) is 10.8 Å². The van der Waals surface area contributed by atoms with Crippen molar-refractivity contribution in [2.45, 2.75) is 13.3 Å². The van der Waals surface area contributed by atoms with Crippen molar-refractivity contribution in [3.05, 3.63) is 15.0 Å². The van der Waals surface area contributed by atoms with E-state index in [0.717, 1.165) is 8.79 Å². The van der Waals surface area contributed by atoms with Crippen LogP contribution in [0.4, 0.5) is 0 Å². The Bertz CT molecular complexity index is 246. The van der Waals surface area contributed by atoms with Crippen molar-refractivity contribution in [2.75, 3.05) is 0 Å². The molecule has 2 nitrogen and oxygen atoms in total. The van der Waals surface area contributed by atoms with Crippen LogP contribution >= 0.6 is 27.3 Å². The Balaban J connectivity index is 2.85. The number of Topliss-reactive ketones (excluding diaryl/α,β-unsaturated/α-hetero) is 1. The molecular formula is C6H6BrNOS. The van der Waals surface area contributed by atoms with Crippen molar-refractivity contribution in [1.82, 2.24) is 4.98 Å². The summed E-state index contributed by atoms with van der Waals surface area (Å²) in [5, 5.41) is 0. The third-order valence-corrected chi connectivity index (χ3v) is 2.59. The Kier molecular flexibility index (Phi) is 2.56. The molecule has 0 fully saturated rings. The van der Waals surface area contributed by atoms with Crippen LogP contribution in [0, 0.1) is 0 Å². The fraction of sp³-hybridized carbons (Fsp3) is 0.333. The average Bonchev–Trinajstić information content (AvgIpc) is 2.34. The normalized spacial score (nSPS) is 9.80. The third kappa shape index (κ3) is 1.64. The van der Waals surface area contributed by atoms with Crippen molar-refractivity contribution in [3.8, 4) is 0 Å². The van der Waals surface area contributed by atoms with Gasteiger partial charge in [-0.2, -0.15) is 0 Å². The summed E-state index contributed by atoms with van der Waals surface area (Å²) in [6, 6.07) is 0. The van der Waals surface area contributed by atoms with Crippen molar-refractivity contribution in [3.63, 3.8) is 0 Å². The Labute approximate surface area is 71.4 Å². The maximum Gasteiger partial charge on any atom is 0.174 e. The van der Waals surface area contributed by atoms with Gasteiger partial charge in [-0.25, -0.2) is 4.98 Å². The minimum atomic E-state index is 0.156.